The molecule has 0 aliphatic carbocycles. The van der Waals surface area contributed by atoms with Crippen molar-refractivity contribution in [2.24, 2.45) is 0 Å². The van der Waals surface area contributed by atoms with Crippen molar-refractivity contribution in [2.75, 3.05) is 33.4 Å². The molecule has 2 aromatic heterocycles. The van der Waals surface area contributed by atoms with Crippen LogP contribution in [0.3, 0.4) is 0 Å². The Labute approximate surface area is 164 Å². The number of nitrogens with zero attached hydrogens (tertiary/aromatic N) is 4. The van der Waals surface area contributed by atoms with E-state index in [-0.39, 0.29) is 0 Å². The Bertz CT molecular complexity index is 755. The quantitative estimate of drug-likeness (QED) is 0.773. The largest absolute Gasteiger partial charge is 0.381 e. The van der Waals surface area contributed by atoms with Crippen LogP contribution in [0.25, 0.3) is 0 Å². The summed E-state index contributed by atoms with van der Waals surface area (Å²) in [5, 5.41) is 4.95. The minimum Gasteiger partial charge on any atom is -0.381 e. The zero-order chi connectivity index (χ0) is 18.7. The molecular formula is C19H25ClN4O3. The number of hydrogen-bond acceptors (Lipinski definition) is 7. The van der Waals surface area contributed by atoms with Gasteiger partial charge >= 0.3 is 0 Å². The lowest BCUT2D eigenvalue weighted by Gasteiger charge is -2.38. The van der Waals surface area contributed by atoms with E-state index in [1.807, 2.05) is 6.07 Å². The molecule has 4 heterocycles. The van der Waals surface area contributed by atoms with Crippen molar-refractivity contribution >= 4 is 11.6 Å². The normalized spacial score (nSPS) is 21.4. The maximum Gasteiger partial charge on any atom is 0.258 e. The Morgan fingerprint density at radius 2 is 2.07 bits per heavy atom. The predicted molar refractivity (Wildman–Crippen MR) is 99.5 cm³/mol. The monoisotopic (exact) mass is 392 g/mol. The van der Waals surface area contributed by atoms with Gasteiger partial charge in [0, 0.05) is 58.3 Å². The van der Waals surface area contributed by atoms with Gasteiger partial charge in [0.2, 0.25) is 0 Å². The zero-order valence-electron chi connectivity index (χ0n) is 15.6. The SMILES string of the molecule is COC1(c2nc(C3CCOCC3)no2)CCN(Cc2ccncc2Cl)CC1. The number of aromatic nitrogens is 3. The lowest BCUT2D eigenvalue weighted by atomic mass is 9.90. The molecule has 0 spiro atoms. The number of pyridine rings is 1. The number of hydrogen-bond donors (Lipinski definition) is 0. The highest BCUT2D eigenvalue weighted by atomic mass is 35.5. The Hall–Kier alpha value is -1.54. The Kier molecular flexibility index (Phi) is 5.73. The fourth-order valence-electron chi connectivity index (χ4n) is 3.89. The summed E-state index contributed by atoms with van der Waals surface area (Å²) < 4.78 is 17.0. The van der Waals surface area contributed by atoms with Crippen LogP contribution in [-0.2, 0) is 21.6 Å². The predicted octanol–water partition coefficient (Wildman–Crippen LogP) is 3.15. The smallest absolute Gasteiger partial charge is 0.258 e. The van der Waals surface area contributed by atoms with E-state index < -0.39 is 5.60 Å². The van der Waals surface area contributed by atoms with E-state index in [2.05, 4.69) is 15.0 Å². The van der Waals surface area contributed by atoms with Crippen LogP contribution in [0.1, 0.15) is 48.9 Å². The molecule has 2 aliphatic heterocycles. The van der Waals surface area contributed by atoms with Gasteiger partial charge in [0.05, 0.1) is 5.02 Å². The minimum absolute atomic E-state index is 0.319. The highest BCUT2D eigenvalue weighted by molar-refractivity contribution is 6.31. The van der Waals surface area contributed by atoms with Gasteiger partial charge < -0.3 is 14.0 Å². The summed E-state index contributed by atoms with van der Waals surface area (Å²) in [7, 11) is 1.73. The average Bonchev–Trinajstić information content (AvgIpc) is 3.22. The molecule has 0 N–H and O–H groups in total. The third-order valence-electron chi connectivity index (χ3n) is 5.72. The van der Waals surface area contributed by atoms with Crippen LogP contribution in [0.5, 0.6) is 0 Å². The Morgan fingerprint density at radius 1 is 1.30 bits per heavy atom. The second-order valence-electron chi connectivity index (χ2n) is 7.29. The molecule has 2 saturated heterocycles. The van der Waals surface area contributed by atoms with E-state index in [1.165, 1.54) is 0 Å². The molecule has 0 atom stereocenters. The number of piperidine rings is 1. The van der Waals surface area contributed by atoms with Gasteiger partial charge in [-0.05, 0) is 37.3 Å². The molecule has 0 saturated carbocycles. The van der Waals surface area contributed by atoms with Crippen LogP contribution < -0.4 is 0 Å². The van der Waals surface area contributed by atoms with Crippen molar-refractivity contribution in [3.05, 3.63) is 40.8 Å². The van der Waals surface area contributed by atoms with Gasteiger partial charge in [0.15, 0.2) is 5.82 Å². The number of methoxy groups -OCH3 is 1. The maximum atomic E-state index is 6.24. The minimum atomic E-state index is -0.505. The first kappa shape index (κ1) is 18.8. The van der Waals surface area contributed by atoms with Crippen molar-refractivity contribution < 1.29 is 14.0 Å². The molecule has 0 radical (unpaired) electrons. The molecule has 0 unspecified atom stereocenters. The molecule has 2 aromatic rings. The van der Waals surface area contributed by atoms with Gasteiger partial charge in [-0.3, -0.25) is 9.88 Å². The van der Waals surface area contributed by atoms with Gasteiger partial charge in [-0.25, -0.2) is 0 Å². The van der Waals surface area contributed by atoms with Crippen molar-refractivity contribution in [1.29, 1.82) is 0 Å². The fourth-order valence-corrected chi connectivity index (χ4v) is 4.07. The molecular weight excluding hydrogens is 368 g/mol. The molecule has 27 heavy (non-hydrogen) atoms. The summed E-state index contributed by atoms with van der Waals surface area (Å²) in [6, 6.07) is 1.97. The van der Waals surface area contributed by atoms with E-state index in [0.29, 0.717) is 16.8 Å². The maximum absolute atomic E-state index is 6.24. The Balaban J connectivity index is 1.42. The van der Waals surface area contributed by atoms with Crippen LogP contribution in [0.4, 0.5) is 0 Å². The summed E-state index contributed by atoms with van der Waals surface area (Å²) in [6.45, 7) is 4.08. The summed E-state index contributed by atoms with van der Waals surface area (Å²) in [4.78, 5) is 11.1. The van der Waals surface area contributed by atoms with Crippen LogP contribution in [-0.4, -0.2) is 53.4 Å². The van der Waals surface area contributed by atoms with Crippen molar-refractivity contribution in [3.8, 4) is 0 Å². The molecule has 0 amide bonds. The topological polar surface area (TPSA) is 73.5 Å². The highest BCUT2D eigenvalue weighted by Crippen LogP contribution is 2.37. The van der Waals surface area contributed by atoms with Gasteiger partial charge in [0.1, 0.15) is 5.60 Å². The van der Waals surface area contributed by atoms with E-state index in [4.69, 9.17) is 30.6 Å². The number of ether oxygens (including phenoxy) is 2. The fraction of sp³-hybridized carbons (Fsp3) is 0.632. The van der Waals surface area contributed by atoms with Crippen LogP contribution in [0.15, 0.2) is 23.0 Å². The first-order chi connectivity index (χ1) is 13.2. The molecule has 0 bridgehead atoms. The molecule has 0 aromatic carbocycles. The van der Waals surface area contributed by atoms with Gasteiger partial charge in [-0.1, -0.05) is 16.8 Å². The first-order valence-electron chi connectivity index (χ1n) is 9.48. The lowest BCUT2D eigenvalue weighted by Crippen LogP contribution is -2.43. The van der Waals surface area contributed by atoms with Crippen molar-refractivity contribution in [1.82, 2.24) is 20.0 Å². The third kappa shape index (κ3) is 4.01. The van der Waals surface area contributed by atoms with Gasteiger partial charge in [0.25, 0.3) is 5.89 Å². The molecule has 8 heteroatoms. The summed E-state index contributed by atoms with van der Waals surface area (Å²) >= 11 is 6.24. The van der Waals surface area contributed by atoms with Crippen LogP contribution in [0, 0.1) is 0 Å². The molecule has 2 fully saturated rings. The average molecular weight is 393 g/mol. The lowest BCUT2D eigenvalue weighted by molar-refractivity contribution is -0.0838. The third-order valence-corrected chi connectivity index (χ3v) is 6.06. The first-order valence-corrected chi connectivity index (χ1v) is 9.86. The molecule has 146 valence electrons. The van der Waals surface area contributed by atoms with E-state index in [1.54, 1.807) is 19.5 Å². The zero-order valence-corrected chi connectivity index (χ0v) is 16.3. The molecule has 4 rings (SSSR count). The van der Waals surface area contributed by atoms with Gasteiger partial charge in [-0.15, -0.1) is 0 Å². The standard InChI is InChI=1S/C19H25ClN4O3/c1-25-19(18-22-17(23-27-18)14-3-10-26-11-4-14)5-8-24(9-6-19)13-15-2-7-21-12-16(15)20/h2,7,12,14H,3-6,8-11,13H2,1H3. The number of likely N-dealkylation sites (tertiary alicyclic amines) is 1. The number of rotatable bonds is 5. The van der Waals surface area contributed by atoms with Crippen LogP contribution in [0.2, 0.25) is 5.02 Å². The summed E-state index contributed by atoms with van der Waals surface area (Å²) in [5.74, 6) is 1.71. The molecule has 7 nitrogen and oxygen atoms in total. The number of halogens is 1. The summed E-state index contributed by atoms with van der Waals surface area (Å²) in [6.07, 6.45) is 6.97. The second-order valence-corrected chi connectivity index (χ2v) is 7.69. The Morgan fingerprint density at radius 3 is 2.78 bits per heavy atom. The van der Waals surface area contributed by atoms with E-state index in [0.717, 1.165) is 69.9 Å². The molecule has 2 aliphatic rings. The van der Waals surface area contributed by atoms with Crippen molar-refractivity contribution in [3.63, 3.8) is 0 Å². The van der Waals surface area contributed by atoms with Gasteiger partial charge in [-0.2, -0.15) is 4.98 Å². The second kappa shape index (κ2) is 8.22. The van der Waals surface area contributed by atoms with Crippen LogP contribution >= 0.6 is 11.6 Å². The summed E-state index contributed by atoms with van der Waals surface area (Å²) in [5.41, 5.74) is 0.589. The highest BCUT2D eigenvalue weighted by Gasteiger charge is 2.42. The van der Waals surface area contributed by atoms with E-state index in [9.17, 15) is 0 Å². The van der Waals surface area contributed by atoms with E-state index >= 15 is 0 Å². The van der Waals surface area contributed by atoms with Crippen molar-refractivity contribution in [2.45, 2.75) is 43.7 Å².